The number of hydrogen-bond donors (Lipinski definition) is 0. The summed E-state index contributed by atoms with van der Waals surface area (Å²) in [5.74, 6) is 0.237. The predicted molar refractivity (Wildman–Crippen MR) is 104 cm³/mol. The molecule has 0 saturated heterocycles. The summed E-state index contributed by atoms with van der Waals surface area (Å²) in [5, 5.41) is 0. The minimum Gasteiger partial charge on any atom is -0.493 e. The highest BCUT2D eigenvalue weighted by molar-refractivity contribution is 6.01. The highest BCUT2D eigenvalue weighted by atomic mass is 16.5. The van der Waals surface area contributed by atoms with Crippen molar-refractivity contribution in [3.63, 3.8) is 0 Å². The number of esters is 1. The van der Waals surface area contributed by atoms with E-state index in [1.54, 1.807) is 50.4 Å². The van der Waals surface area contributed by atoms with Crippen LogP contribution in [0.2, 0.25) is 0 Å². The molecule has 0 aliphatic rings. The summed E-state index contributed by atoms with van der Waals surface area (Å²) < 4.78 is 15.8. The van der Waals surface area contributed by atoms with Crippen LogP contribution in [-0.2, 0) is 16.0 Å². The second kappa shape index (κ2) is 9.57. The highest BCUT2D eigenvalue weighted by Gasteiger charge is 2.18. The predicted octanol–water partition coefficient (Wildman–Crippen LogP) is 4.09. The van der Waals surface area contributed by atoms with E-state index in [0.717, 1.165) is 12.0 Å². The number of benzene rings is 2. The van der Waals surface area contributed by atoms with Crippen molar-refractivity contribution in [2.45, 2.75) is 26.4 Å². The number of Topliss-reactive ketones (excluding diaryl/α,β-unsaturated/α-hetero) is 1. The van der Waals surface area contributed by atoms with Crippen molar-refractivity contribution in [2.75, 3.05) is 14.2 Å². The Morgan fingerprint density at radius 1 is 1.04 bits per heavy atom. The zero-order valence-corrected chi connectivity index (χ0v) is 16.0. The lowest BCUT2D eigenvalue weighted by Gasteiger charge is -2.12. The summed E-state index contributed by atoms with van der Waals surface area (Å²) in [4.78, 5) is 24.5. The number of rotatable bonds is 8. The second-order valence-corrected chi connectivity index (χ2v) is 5.91. The Labute approximate surface area is 159 Å². The summed E-state index contributed by atoms with van der Waals surface area (Å²) in [5.41, 5.74) is 2.33. The fourth-order valence-electron chi connectivity index (χ4n) is 2.61. The van der Waals surface area contributed by atoms with E-state index >= 15 is 0 Å². The van der Waals surface area contributed by atoms with Gasteiger partial charge in [-0.25, -0.2) is 4.79 Å². The van der Waals surface area contributed by atoms with Gasteiger partial charge in [-0.15, -0.1) is 0 Å². The number of ether oxygens (including phenoxy) is 3. The van der Waals surface area contributed by atoms with Crippen molar-refractivity contribution < 1.29 is 23.8 Å². The van der Waals surface area contributed by atoms with E-state index in [4.69, 9.17) is 14.2 Å². The zero-order valence-electron chi connectivity index (χ0n) is 16.0. The average molecular weight is 368 g/mol. The van der Waals surface area contributed by atoms with E-state index in [1.165, 1.54) is 13.2 Å². The van der Waals surface area contributed by atoms with Gasteiger partial charge in [0.2, 0.25) is 5.78 Å². The van der Waals surface area contributed by atoms with Crippen LogP contribution in [0.3, 0.4) is 0 Å². The normalized spacial score (nSPS) is 11.9. The van der Waals surface area contributed by atoms with Crippen LogP contribution in [0.15, 0.2) is 48.5 Å². The SMILES string of the molecule is CCc1ccc(C(=O)C(C)OC(=O)C=Cc2cccc(OC)c2OC)cc1. The first-order valence-corrected chi connectivity index (χ1v) is 8.73. The number of ketones is 1. The maximum Gasteiger partial charge on any atom is 0.331 e. The molecule has 0 N–H and O–H groups in total. The highest BCUT2D eigenvalue weighted by Crippen LogP contribution is 2.31. The molecule has 0 aliphatic carbocycles. The molecule has 1 unspecified atom stereocenters. The number of carbonyl (C=O) groups excluding carboxylic acids is 2. The van der Waals surface area contributed by atoms with Gasteiger partial charge in [-0.1, -0.05) is 43.3 Å². The molecule has 0 aliphatic heterocycles. The Bertz CT molecular complexity index is 821. The first kappa shape index (κ1) is 20.2. The quantitative estimate of drug-likeness (QED) is 0.399. The van der Waals surface area contributed by atoms with Crippen molar-refractivity contribution >= 4 is 17.8 Å². The number of hydrogen-bond acceptors (Lipinski definition) is 5. The Morgan fingerprint density at radius 3 is 2.33 bits per heavy atom. The molecule has 142 valence electrons. The van der Waals surface area contributed by atoms with E-state index in [-0.39, 0.29) is 5.78 Å². The third-order valence-corrected chi connectivity index (χ3v) is 4.14. The third kappa shape index (κ3) is 5.20. The van der Waals surface area contributed by atoms with Gasteiger partial charge in [-0.2, -0.15) is 0 Å². The summed E-state index contributed by atoms with van der Waals surface area (Å²) in [6, 6.07) is 12.6. The van der Waals surface area contributed by atoms with E-state index < -0.39 is 12.1 Å². The van der Waals surface area contributed by atoms with Crippen molar-refractivity contribution in [2.24, 2.45) is 0 Å². The standard InChI is InChI=1S/C22H24O5/c1-5-16-9-11-17(12-10-16)21(24)15(2)27-20(23)14-13-18-7-6-8-19(25-3)22(18)26-4/h6-15H,5H2,1-4H3. The Morgan fingerprint density at radius 2 is 1.74 bits per heavy atom. The molecule has 5 heteroatoms. The van der Waals surface area contributed by atoms with Crippen LogP contribution in [0.1, 0.15) is 35.3 Å². The largest absolute Gasteiger partial charge is 0.493 e. The molecule has 0 saturated carbocycles. The van der Waals surface area contributed by atoms with Crippen molar-refractivity contribution in [1.29, 1.82) is 0 Å². The van der Waals surface area contributed by atoms with Gasteiger partial charge in [0, 0.05) is 17.2 Å². The Hall–Kier alpha value is -3.08. The van der Waals surface area contributed by atoms with Crippen LogP contribution in [-0.4, -0.2) is 32.1 Å². The molecule has 2 rings (SSSR count). The lowest BCUT2D eigenvalue weighted by atomic mass is 10.0. The molecule has 5 nitrogen and oxygen atoms in total. The number of carbonyl (C=O) groups is 2. The molecular formula is C22H24O5. The van der Waals surface area contributed by atoms with Gasteiger partial charge in [-0.05, 0) is 31.1 Å². The fraction of sp³-hybridized carbons (Fsp3) is 0.273. The minimum absolute atomic E-state index is 0.238. The van der Waals surface area contributed by atoms with Crippen LogP contribution in [0.4, 0.5) is 0 Å². The van der Waals surface area contributed by atoms with E-state index in [1.807, 2.05) is 19.1 Å². The number of para-hydroxylation sites is 1. The Kier molecular flexibility index (Phi) is 7.17. The smallest absolute Gasteiger partial charge is 0.331 e. The molecule has 0 heterocycles. The fourth-order valence-corrected chi connectivity index (χ4v) is 2.61. The summed E-state index contributed by atoms with van der Waals surface area (Å²) in [7, 11) is 3.07. The van der Waals surface area contributed by atoms with E-state index in [0.29, 0.717) is 22.6 Å². The summed E-state index contributed by atoms with van der Waals surface area (Å²) in [6.45, 7) is 3.61. The van der Waals surface area contributed by atoms with Crippen LogP contribution < -0.4 is 9.47 Å². The molecule has 2 aromatic rings. The molecule has 27 heavy (non-hydrogen) atoms. The molecule has 0 radical (unpaired) electrons. The lowest BCUT2D eigenvalue weighted by molar-refractivity contribution is -0.140. The molecule has 0 spiro atoms. The summed E-state index contributed by atoms with van der Waals surface area (Å²) >= 11 is 0. The Balaban J connectivity index is 2.04. The average Bonchev–Trinajstić information content (AvgIpc) is 2.71. The second-order valence-electron chi connectivity index (χ2n) is 5.91. The lowest BCUT2D eigenvalue weighted by Crippen LogP contribution is -2.23. The van der Waals surface area contributed by atoms with Gasteiger partial charge in [-0.3, -0.25) is 4.79 Å². The number of aryl methyl sites for hydroxylation is 1. The number of methoxy groups -OCH3 is 2. The molecule has 0 aromatic heterocycles. The van der Waals surface area contributed by atoms with Crippen LogP contribution in [0, 0.1) is 0 Å². The molecule has 0 amide bonds. The van der Waals surface area contributed by atoms with Gasteiger partial charge in [0.15, 0.2) is 17.6 Å². The van der Waals surface area contributed by atoms with E-state index in [9.17, 15) is 9.59 Å². The maximum absolute atomic E-state index is 12.4. The zero-order chi connectivity index (χ0) is 19.8. The van der Waals surface area contributed by atoms with Crippen molar-refractivity contribution in [3.8, 4) is 11.5 Å². The molecule has 2 aromatic carbocycles. The van der Waals surface area contributed by atoms with Crippen LogP contribution >= 0.6 is 0 Å². The maximum atomic E-state index is 12.4. The first-order valence-electron chi connectivity index (χ1n) is 8.73. The third-order valence-electron chi connectivity index (χ3n) is 4.14. The van der Waals surface area contributed by atoms with E-state index in [2.05, 4.69) is 0 Å². The van der Waals surface area contributed by atoms with Gasteiger partial charge < -0.3 is 14.2 Å². The van der Waals surface area contributed by atoms with Crippen LogP contribution in [0.25, 0.3) is 6.08 Å². The van der Waals surface area contributed by atoms with Gasteiger partial charge in [0.25, 0.3) is 0 Å². The van der Waals surface area contributed by atoms with Crippen molar-refractivity contribution in [1.82, 2.24) is 0 Å². The van der Waals surface area contributed by atoms with Crippen LogP contribution in [0.5, 0.6) is 11.5 Å². The van der Waals surface area contributed by atoms with Gasteiger partial charge >= 0.3 is 5.97 Å². The molecule has 1 atom stereocenters. The topological polar surface area (TPSA) is 61.8 Å². The monoisotopic (exact) mass is 368 g/mol. The van der Waals surface area contributed by atoms with Crippen molar-refractivity contribution in [3.05, 3.63) is 65.2 Å². The first-order chi connectivity index (χ1) is 13.0. The molecule has 0 bridgehead atoms. The molecular weight excluding hydrogens is 344 g/mol. The molecule has 0 fully saturated rings. The van der Waals surface area contributed by atoms with Gasteiger partial charge in [0.1, 0.15) is 0 Å². The summed E-state index contributed by atoms with van der Waals surface area (Å²) in [6.07, 6.45) is 2.86. The van der Waals surface area contributed by atoms with Gasteiger partial charge in [0.05, 0.1) is 14.2 Å². The minimum atomic E-state index is -0.873.